The molecule has 0 aliphatic rings. The number of aryl methyl sites for hydroxylation is 1. The minimum atomic E-state index is 0. The second-order valence-corrected chi connectivity index (χ2v) is 6.33. The number of rotatable bonds is 8. The van der Waals surface area contributed by atoms with Gasteiger partial charge in [-0.05, 0) is 27.7 Å². The van der Waals surface area contributed by atoms with E-state index in [1.165, 1.54) is 0 Å². The van der Waals surface area contributed by atoms with Crippen LogP contribution < -0.4 is 16.0 Å². The molecule has 1 amide bonds. The monoisotopic (exact) mass is 453 g/mol. The Morgan fingerprint density at radius 3 is 2.70 bits per heavy atom. The highest BCUT2D eigenvalue weighted by atomic mass is 127. The average Bonchev–Trinajstić information content (AvgIpc) is 2.83. The van der Waals surface area contributed by atoms with E-state index in [1.807, 2.05) is 27.7 Å². The number of nitrogens with one attached hydrogen (secondary N) is 3. The highest BCUT2D eigenvalue weighted by molar-refractivity contribution is 14.0. The molecule has 0 aliphatic heterocycles. The number of carbonyl (C=O) groups is 1. The number of hydrogen-bond acceptors (Lipinski definition) is 4. The lowest BCUT2D eigenvalue weighted by atomic mass is 10.3. The van der Waals surface area contributed by atoms with E-state index in [-0.39, 0.29) is 35.9 Å². The Morgan fingerprint density at radius 1 is 1.39 bits per heavy atom. The van der Waals surface area contributed by atoms with Crippen molar-refractivity contribution in [1.29, 1.82) is 0 Å². The van der Waals surface area contributed by atoms with E-state index in [9.17, 15) is 4.79 Å². The third-order valence-corrected chi connectivity index (χ3v) is 3.57. The van der Waals surface area contributed by atoms with Crippen LogP contribution in [0.15, 0.2) is 10.4 Å². The van der Waals surface area contributed by atoms with Crippen molar-refractivity contribution in [3.8, 4) is 0 Å². The van der Waals surface area contributed by atoms with Gasteiger partial charge < -0.3 is 16.0 Å². The molecule has 1 aromatic rings. The Bertz CT molecular complexity index is 490. The maximum Gasteiger partial charge on any atom is 0.222 e. The number of nitrogens with zero attached hydrogens (tertiary/aromatic N) is 2. The van der Waals surface area contributed by atoms with Crippen LogP contribution in [-0.4, -0.2) is 42.5 Å². The standard InChI is InChI=1S/C15H27N5OS.HI/c1-5-16-15(18-9-7-14(21)19-11(2)3)17-8-6-13-10-22-12(4)20-13;/h10-11H,5-9H2,1-4H3,(H,19,21)(H2,16,17,18);1H. The Labute approximate surface area is 160 Å². The van der Waals surface area contributed by atoms with Crippen LogP contribution in [0, 0.1) is 6.92 Å². The lowest BCUT2D eigenvalue weighted by Gasteiger charge is -2.11. The van der Waals surface area contributed by atoms with Crippen LogP contribution in [0.25, 0.3) is 0 Å². The molecule has 132 valence electrons. The molecule has 0 unspecified atom stereocenters. The third-order valence-electron chi connectivity index (χ3n) is 2.74. The summed E-state index contributed by atoms with van der Waals surface area (Å²) < 4.78 is 0. The number of guanidine groups is 1. The zero-order valence-electron chi connectivity index (χ0n) is 14.3. The summed E-state index contributed by atoms with van der Waals surface area (Å²) in [6, 6.07) is 0.171. The topological polar surface area (TPSA) is 78.4 Å². The van der Waals surface area contributed by atoms with Crippen LogP contribution in [-0.2, 0) is 11.2 Å². The van der Waals surface area contributed by atoms with Gasteiger partial charge in [0.1, 0.15) is 0 Å². The van der Waals surface area contributed by atoms with E-state index in [0.717, 1.165) is 36.2 Å². The van der Waals surface area contributed by atoms with E-state index < -0.39 is 0 Å². The minimum absolute atomic E-state index is 0. The molecule has 1 aromatic heterocycles. The fraction of sp³-hybridized carbons (Fsp3) is 0.667. The largest absolute Gasteiger partial charge is 0.357 e. The van der Waals surface area contributed by atoms with Crippen molar-refractivity contribution in [3.05, 3.63) is 16.1 Å². The highest BCUT2D eigenvalue weighted by Crippen LogP contribution is 2.07. The second kappa shape index (κ2) is 12.5. The van der Waals surface area contributed by atoms with Crippen LogP contribution in [0.1, 0.15) is 37.9 Å². The predicted molar refractivity (Wildman–Crippen MR) is 108 cm³/mol. The molecular formula is C15H28IN5OS. The van der Waals surface area contributed by atoms with Crippen molar-refractivity contribution >= 4 is 47.2 Å². The molecule has 0 spiro atoms. The molecule has 23 heavy (non-hydrogen) atoms. The van der Waals surface area contributed by atoms with Crippen LogP contribution in [0.5, 0.6) is 0 Å². The van der Waals surface area contributed by atoms with Gasteiger partial charge in [0.25, 0.3) is 0 Å². The van der Waals surface area contributed by atoms with Gasteiger partial charge in [-0.2, -0.15) is 0 Å². The highest BCUT2D eigenvalue weighted by Gasteiger charge is 2.03. The first kappa shape index (κ1) is 22.1. The molecule has 6 nitrogen and oxygen atoms in total. The third kappa shape index (κ3) is 10.5. The molecule has 1 rings (SSSR count). The zero-order chi connectivity index (χ0) is 16.4. The molecule has 0 fully saturated rings. The maximum absolute atomic E-state index is 11.6. The van der Waals surface area contributed by atoms with Crippen LogP contribution in [0.2, 0.25) is 0 Å². The fourth-order valence-electron chi connectivity index (χ4n) is 1.84. The summed E-state index contributed by atoms with van der Waals surface area (Å²) in [5.74, 6) is 0.777. The van der Waals surface area contributed by atoms with Crippen LogP contribution >= 0.6 is 35.3 Å². The summed E-state index contributed by atoms with van der Waals surface area (Å²) >= 11 is 1.67. The first-order chi connectivity index (χ1) is 10.5. The SMILES string of the molecule is CCNC(=NCCC(=O)NC(C)C)NCCc1csc(C)n1.I. The minimum Gasteiger partial charge on any atom is -0.357 e. The van der Waals surface area contributed by atoms with Gasteiger partial charge >= 0.3 is 0 Å². The number of thiazole rings is 1. The summed E-state index contributed by atoms with van der Waals surface area (Å²) in [4.78, 5) is 20.4. The first-order valence-electron chi connectivity index (χ1n) is 7.73. The number of halogens is 1. The van der Waals surface area contributed by atoms with Gasteiger partial charge in [-0.3, -0.25) is 9.79 Å². The second-order valence-electron chi connectivity index (χ2n) is 5.27. The quantitative estimate of drug-likeness (QED) is 0.320. The van der Waals surface area contributed by atoms with Gasteiger partial charge in [0.2, 0.25) is 5.91 Å². The molecule has 0 bridgehead atoms. The van der Waals surface area contributed by atoms with Gasteiger partial charge in [-0.25, -0.2) is 4.98 Å². The molecule has 0 saturated carbocycles. The van der Waals surface area contributed by atoms with Crippen molar-refractivity contribution < 1.29 is 4.79 Å². The van der Waals surface area contributed by atoms with E-state index in [2.05, 4.69) is 31.3 Å². The number of carbonyl (C=O) groups excluding carboxylic acids is 1. The number of hydrogen-bond donors (Lipinski definition) is 3. The van der Waals surface area contributed by atoms with Gasteiger partial charge in [0.15, 0.2) is 5.96 Å². The molecular weight excluding hydrogens is 425 g/mol. The Balaban J connectivity index is 0.00000484. The lowest BCUT2D eigenvalue weighted by Crippen LogP contribution is -2.38. The van der Waals surface area contributed by atoms with Crippen molar-refractivity contribution in [2.24, 2.45) is 4.99 Å². The van der Waals surface area contributed by atoms with Gasteiger partial charge in [-0.15, -0.1) is 35.3 Å². The fourth-order valence-corrected chi connectivity index (χ4v) is 2.48. The maximum atomic E-state index is 11.6. The molecule has 0 radical (unpaired) electrons. The number of aliphatic imine (C=N–C) groups is 1. The summed E-state index contributed by atoms with van der Waals surface area (Å²) in [6.45, 7) is 9.97. The van der Waals surface area contributed by atoms with E-state index in [0.29, 0.717) is 13.0 Å². The Kier molecular flexibility index (Phi) is 12.0. The van der Waals surface area contributed by atoms with Crippen molar-refractivity contribution in [2.75, 3.05) is 19.6 Å². The van der Waals surface area contributed by atoms with Crippen molar-refractivity contribution in [3.63, 3.8) is 0 Å². The van der Waals surface area contributed by atoms with Gasteiger partial charge in [0.05, 0.1) is 17.2 Å². The van der Waals surface area contributed by atoms with Crippen LogP contribution in [0.3, 0.4) is 0 Å². The van der Waals surface area contributed by atoms with Gasteiger partial charge in [0, 0.05) is 37.4 Å². The van der Waals surface area contributed by atoms with E-state index >= 15 is 0 Å². The van der Waals surface area contributed by atoms with Crippen LogP contribution in [0.4, 0.5) is 0 Å². The molecule has 8 heteroatoms. The zero-order valence-corrected chi connectivity index (χ0v) is 17.5. The molecule has 0 aromatic carbocycles. The lowest BCUT2D eigenvalue weighted by molar-refractivity contribution is -0.121. The van der Waals surface area contributed by atoms with E-state index in [1.54, 1.807) is 11.3 Å². The summed E-state index contributed by atoms with van der Waals surface area (Å²) in [6.07, 6.45) is 1.27. The van der Waals surface area contributed by atoms with Gasteiger partial charge in [-0.1, -0.05) is 0 Å². The summed E-state index contributed by atoms with van der Waals surface area (Å²) in [5.41, 5.74) is 1.10. The molecule has 0 saturated heterocycles. The van der Waals surface area contributed by atoms with Crippen molar-refractivity contribution in [1.82, 2.24) is 20.9 Å². The smallest absolute Gasteiger partial charge is 0.222 e. The number of amides is 1. The van der Waals surface area contributed by atoms with E-state index in [4.69, 9.17) is 0 Å². The number of aromatic nitrogens is 1. The predicted octanol–water partition coefficient (Wildman–Crippen LogP) is 2.08. The summed E-state index contributed by atoms with van der Waals surface area (Å²) in [7, 11) is 0. The normalized spacial score (nSPS) is 11.1. The molecule has 0 aliphatic carbocycles. The molecule has 1 heterocycles. The first-order valence-corrected chi connectivity index (χ1v) is 8.61. The average molecular weight is 453 g/mol. The Morgan fingerprint density at radius 2 is 2.13 bits per heavy atom. The summed E-state index contributed by atoms with van der Waals surface area (Å²) in [5, 5.41) is 12.5. The molecule has 0 atom stereocenters. The van der Waals surface area contributed by atoms with Crippen molar-refractivity contribution in [2.45, 2.75) is 46.6 Å². The Hall–Kier alpha value is -0.900. The molecule has 3 N–H and O–H groups in total.